The number of nitrogens with zero attached hydrogens (tertiary/aromatic N) is 1. The predicted molar refractivity (Wildman–Crippen MR) is 84.1 cm³/mol. The Labute approximate surface area is 132 Å². The summed E-state index contributed by atoms with van der Waals surface area (Å²) < 4.78 is 21.4. The molecule has 0 bridgehead atoms. The molecule has 0 rings (SSSR count). The summed E-state index contributed by atoms with van der Waals surface area (Å²) in [5, 5.41) is 0. The van der Waals surface area contributed by atoms with Crippen molar-refractivity contribution in [1.29, 1.82) is 0 Å². The zero-order chi connectivity index (χ0) is 17.2. The molecule has 1 atom stereocenters. The van der Waals surface area contributed by atoms with E-state index < -0.39 is 13.8 Å². The summed E-state index contributed by atoms with van der Waals surface area (Å²) in [6.45, 7) is 10.4. The number of rotatable bonds is 11. The average Bonchev–Trinajstić information content (AvgIpc) is 2.45. The number of hydrogen-bond donors (Lipinski definition) is 2. The maximum atomic E-state index is 11.3. The number of carbonyl (C=O) groups is 1. The molecule has 1 unspecified atom stereocenters. The molecule has 0 saturated carbocycles. The topological polar surface area (TPSA) is 93.1 Å². The van der Waals surface area contributed by atoms with E-state index in [-0.39, 0.29) is 19.3 Å². The summed E-state index contributed by atoms with van der Waals surface area (Å²) >= 11 is 0. The molecule has 0 aromatic heterocycles. The Balaban J connectivity index is 4.85. The standard InChI is InChI=1S/C14H28NO6P/c1-5-9-14(16)20-11-10-13(12-21-22(17,18)19)15(6-2,7-3)8-4/h5,9,13H,6-8,10-12H2,1-4H3,(H-,17,18,19)/p+1. The van der Waals surface area contributed by atoms with E-state index in [0.717, 1.165) is 19.6 Å². The van der Waals surface area contributed by atoms with Crippen LogP contribution in [0, 0.1) is 0 Å². The van der Waals surface area contributed by atoms with Gasteiger partial charge in [-0.25, -0.2) is 9.36 Å². The third-order valence-electron chi connectivity index (χ3n) is 4.10. The minimum atomic E-state index is -4.51. The summed E-state index contributed by atoms with van der Waals surface area (Å²) in [6, 6.07) is -0.147. The van der Waals surface area contributed by atoms with Gasteiger partial charge in [-0.3, -0.25) is 4.52 Å². The van der Waals surface area contributed by atoms with Crippen LogP contribution in [-0.2, 0) is 18.6 Å². The molecule has 0 spiro atoms. The normalized spacial score (nSPS) is 14.3. The van der Waals surface area contributed by atoms with E-state index in [2.05, 4.69) is 0 Å². The second-order valence-electron chi connectivity index (χ2n) is 5.06. The van der Waals surface area contributed by atoms with Gasteiger partial charge in [0.05, 0.1) is 26.2 Å². The van der Waals surface area contributed by atoms with Crippen LogP contribution in [0.1, 0.15) is 34.1 Å². The number of likely N-dealkylation sites (N-methyl/N-ethyl adjacent to an activating group) is 1. The van der Waals surface area contributed by atoms with Crippen LogP contribution in [0.3, 0.4) is 0 Å². The quantitative estimate of drug-likeness (QED) is 0.258. The van der Waals surface area contributed by atoms with Crippen molar-refractivity contribution < 1.29 is 32.9 Å². The van der Waals surface area contributed by atoms with Gasteiger partial charge >= 0.3 is 13.8 Å². The van der Waals surface area contributed by atoms with Gasteiger partial charge in [0.2, 0.25) is 0 Å². The van der Waals surface area contributed by atoms with Crippen molar-refractivity contribution in [3.8, 4) is 0 Å². The van der Waals surface area contributed by atoms with E-state index in [4.69, 9.17) is 19.0 Å². The zero-order valence-corrected chi connectivity index (χ0v) is 14.8. The molecule has 2 N–H and O–H groups in total. The Morgan fingerprint density at radius 2 is 1.77 bits per heavy atom. The smallest absolute Gasteiger partial charge is 0.462 e. The number of esters is 1. The molecule has 0 amide bonds. The number of phosphoric ester groups is 1. The van der Waals surface area contributed by atoms with Gasteiger partial charge in [0.1, 0.15) is 12.6 Å². The third-order valence-corrected chi connectivity index (χ3v) is 4.58. The first kappa shape index (κ1) is 21.3. The van der Waals surface area contributed by atoms with Gasteiger partial charge in [0.15, 0.2) is 0 Å². The monoisotopic (exact) mass is 338 g/mol. The molecule has 0 saturated heterocycles. The second-order valence-corrected chi connectivity index (χ2v) is 6.30. The molecule has 0 aliphatic heterocycles. The van der Waals surface area contributed by atoms with Crippen LogP contribution in [-0.4, -0.2) is 59.1 Å². The van der Waals surface area contributed by atoms with Crippen molar-refractivity contribution in [1.82, 2.24) is 0 Å². The van der Waals surface area contributed by atoms with Gasteiger partial charge in [0, 0.05) is 12.5 Å². The van der Waals surface area contributed by atoms with Gasteiger partial charge in [-0.15, -0.1) is 0 Å². The van der Waals surface area contributed by atoms with Crippen LogP contribution in [0.5, 0.6) is 0 Å². The van der Waals surface area contributed by atoms with E-state index >= 15 is 0 Å². The van der Waals surface area contributed by atoms with Crippen molar-refractivity contribution in [2.45, 2.75) is 40.2 Å². The number of allylic oxidation sites excluding steroid dienone is 1. The fourth-order valence-electron chi connectivity index (χ4n) is 2.62. The van der Waals surface area contributed by atoms with Gasteiger partial charge in [-0.2, -0.15) is 0 Å². The number of ether oxygens (including phenoxy) is 1. The van der Waals surface area contributed by atoms with Crippen molar-refractivity contribution in [2.24, 2.45) is 0 Å². The van der Waals surface area contributed by atoms with Crippen molar-refractivity contribution in [3.63, 3.8) is 0 Å². The van der Waals surface area contributed by atoms with Crippen molar-refractivity contribution in [3.05, 3.63) is 12.2 Å². The Hall–Kier alpha value is -0.720. The highest BCUT2D eigenvalue weighted by molar-refractivity contribution is 7.46. The SMILES string of the molecule is CC=CC(=O)OCCC(COP(=O)(O)O)[N+](CC)(CC)CC. The molecule has 0 aromatic rings. The van der Waals surface area contributed by atoms with Gasteiger partial charge < -0.3 is 19.0 Å². The van der Waals surface area contributed by atoms with Crippen LogP contribution in [0.2, 0.25) is 0 Å². The molecule has 7 nitrogen and oxygen atoms in total. The van der Waals surface area contributed by atoms with Crippen LogP contribution in [0.4, 0.5) is 0 Å². The molecule has 130 valence electrons. The maximum Gasteiger partial charge on any atom is 0.469 e. The lowest BCUT2D eigenvalue weighted by atomic mass is 10.1. The molecule has 22 heavy (non-hydrogen) atoms. The summed E-state index contributed by atoms with van der Waals surface area (Å²) in [5.41, 5.74) is 0. The average molecular weight is 338 g/mol. The lowest BCUT2D eigenvalue weighted by molar-refractivity contribution is -0.947. The highest BCUT2D eigenvalue weighted by Crippen LogP contribution is 2.36. The Morgan fingerprint density at radius 1 is 1.23 bits per heavy atom. The Bertz CT molecular complexity index is 394. The van der Waals surface area contributed by atoms with E-state index in [1.165, 1.54) is 6.08 Å². The largest absolute Gasteiger partial charge is 0.469 e. The molecule has 0 fully saturated rings. The minimum absolute atomic E-state index is 0.0685. The highest BCUT2D eigenvalue weighted by atomic mass is 31.2. The summed E-state index contributed by atoms with van der Waals surface area (Å²) in [6.07, 6.45) is 3.42. The van der Waals surface area contributed by atoms with Crippen LogP contribution >= 0.6 is 7.82 Å². The predicted octanol–water partition coefficient (Wildman–Crippen LogP) is 1.85. The number of carbonyl (C=O) groups excluding carboxylic acids is 1. The highest BCUT2D eigenvalue weighted by Gasteiger charge is 2.34. The minimum Gasteiger partial charge on any atom is -0.462 e. The summed E-state index contributed by atoms with van der Waals surface area (Å²) in [5.74, 6) is -0.417. The van der Waals surface area contributed by atoms with Crippen LogP contribution in [0.15, 0.2) is 12.2 Å². The van der Waals surface area contributed by atoms with E-state index in [1.807, 2.05) is 20.8 Å². The molecule has 0 aliphatic rings. The first-order valence-electron chi connectivity index (χ1n) is 7.59. The van der Waals surface area contributed by atoms with Gasteiger partial charge in [-0.1, -0.05) is 6.08 Å². The Morgan fingerprint density at radius 3 is 2.18 bits per heavy atom. The fourth-order valence-corrected chi connectivity index (χ4v) is 2.99. The molecular weight excluding hydrogens is 309 g/mol. The molecule has 0 aliphatic carbocycles. The summed E-state index contributed by atoms with van der Waals surface area (Å²) in [4.78, 5) is 29.2. The molecule has 0 heterocycles. The summed E-state index contributed by atoms with van der Waals surface area (Å²) in [7, 11) is -4.51. The van der Waals surface area contributed by atoms with Crippen LogP contribution < -0.4 is 0 Å². The van der Waals surface area contributed by atoms with Gasteiger partial charge in [0.25, 0.3) is 0 Å². The number of quaternary nitrogens is 1. The lowest BCUT2D eigenvalue weighted by Crippen LogP contribution is -2.57. The third kappa shape index (κ3) is 7.51. The molecule has 8 heteroatoms. The molecule has 0 radical (unpaired) electrons. The Kier molecular flexibility index (Phi) is 9.80. The maximum absolute atomic E-state index is 11.3. The zero-order valence-electron chi connectivity index (χ0n) is 13.9. The van der Waals surface area contributed by atoms with Gasteiger partial charge in [-0.05, 0) is 27.7 Å². The first-order chi connectivity index (χ1) is 10.2. The van der Waals surface area contributed by atoms with Crippen LogP contribution in [0.25, 0.3) is 0 Å². The fraction of sp³-hybridized carbons (Fsp3) is 0.786. The number of phosphoric acid groups is 1. The van der Waals surface area contributed by atoms with E-state index in [1.54, 1.807) is 13.0 Å². The van der Waals surface area contributed by atoms with Crippen molar-refractivity contribution >= 4 is 13.8 Å². The first-order valence-corrected chi connectivity index (χ1v) is 9.13. The number of hydrogen-bond acceptors (Lipinski definition) is 4. The second kappa shape index (κ2) is 10.1. The van der Waals surface area contributed by atoms with E-state index in [9.17, 15) is 9.36 Å². The van der Waals surface area contributed by atoms with E-state index in [0.29, 0.717) is 10.9 Å². The molecule has 0 aromatic carbocycles. The molecular formula is C14H29NO6P+. The lowest BCUT2D eigenvalue weighted by Gasteiger charge is -2.42. The van der Waals surface area contributed by atoms with Crippen molar-refractivity contribution in [2.75, 3.05) is 32.8 Å².